The highest BCUT2D eigenvalue weighted by molar-refractivity contribution is 7.11. The predicted molar refractivity (Wildman–Crippen MR) is 78.0 cm³/mol. The first kappa shape index (κ1) is 14.0. The number of rotatable bonds is 5. The number of likely N-dealkylation sites (tertiary alicyclic amines) is 1. The number of hydrogen-bond acceptors (Lipinski definition) is 4. The number of aryl methyl sites for hydroxylation is 1. The van der Waals surface area contributed by atoms with E-state index in [1.165, 1.54) is 60.9 Å². The highest BCUT2D eigenvalue weighted by Crippen LogP contribution is 2.20. The van der Waals surface area contributed by atoms with Gasteiger partial charge in [0.2, 0.25) is 0 Å². The van der Waals surface area contributed by atoms with Gasteiger partial charge in [0.15, 0.2) is 0 Å². The number of nitrogens with two attached hydrogens (primary N) is 1. The first-order chi connectivity index (χ1) is 8.83. The van der Waals surface area contributed by atoms with E-state index in [9.17, 15) is 0 Å². The summed E-state index contributed by atoms with van der Waals surface area (Å²) in [6.45, 7) is 6.52. The van der Waals surface area contributed by atoms with E-state index < -0.39 is 0 Å². The van der Waals surface area contributed by atoms with Crippen molar-refractivity contribution in [2.45, 2.75) is 52.0 Å². The molecule has 3 nitrogen and oxygen atoms in total. The van der Waals surface area contributed by atoms with Crippen LogP contribution in [-0.2, 0) is 19.4 Å². The van der Waals surface area contributed by atoms with Gasteiger partial charge in [0.25, 0.3) is 0 Å². The minimum atomic E-state index is 0.643. The molecule has 0 aromatic carbocycles. The number of thiazole rings is 1. The molecule has 1 aromatic rings. The minimum absolute atomic E-state index is 0.643. The molecule has 4 heteroatoms. The molecule has 1 fully saturated rings. The third-order valence-electron chi connectivity index (χ3n) is 3.68. The van der Waals surface area contributed by atoms with Crippen LogP contribution in [0.4, 0.5) is 0 Å². The molecule has 1 aromatic heterocycles. The van der Waals surface area contributed by atoms with Gasteiger partial charge in [-0.05, 0) is 32.4 Å². The first-order valence-electron chi connectivity index (χ1n) is 7.23. The molecular formula is C14H25N3S. The summed E-state index contributed by atoms with van der Waals surface area (Å²) in [5, 5.41) is 1.27. The molecule has 0 unspecified atom stereocenters. The molecule has 102 valence electrons. The zero-order chi connectivity index (χ0) is 12.8. The minimum Gasteiger partial charge on any atom is -0.326 e. The fourth-order valence-electron chi connectivity index (χ4n) is 2.59. The fourth-order valence-corrected chi connectivity index (χ4v) is 3.62. The lowest BCUT2D eigenvalue weighted by molar-refractivity contribution is 0.288. The van der Waals surface area contributed by atoms with Crippen LogP contribution in [0, 0.1) is 0 Å². The number of aromatic nitrogens is 1. The largest absolute Gasteiger partial charge is 0.326 e. The van der Waals surface area contributed by atoms with E-state index in [2.05, 4.69) is 11.8 Å². The Labute approximate surface area is 114 Å². The third-order valence-corrected chi connectivity index (χ3v) is 4.86. The van der Waals surface area contributed by atoms with Crippen molar-refractivity contribution in [2.24, 2.45) is 5.73 Å². The van der Waals surface area contributed by atoms with Crippen molar-refractivity contribution < 1.29 is 0 Å². The van der Waals surface area contributed by atoms with Gasteiger partial charge in [-0.2, -0.15) is 0 Å². The summed E-state index contributed by atoms with van der Waals surface area (Å²) in [5.41, 5.74) is 6.98. The van der Waals surface area contributed by atoms with Gasteiger partial charge < -0.3 is 10.6 Å². The van der Waals surface area contributed by atoms with Crippen molar-refractivity contribution in [3.63, 3.8) is 0 Å². The van der Waals surface area contributed by atoms with Gasteiger partial charge >= 0.3 is 0 Å². The standard InChI is InChI=1S/C14H25N3S/c1-2-12-13(11-15)18-14(16-12)7-10-17-8-5-3-4-6-9-17/h2-11,15H2,1H3. The van der Waals surface area contributed by atoms with Crippen LogP contribution in [-0.4, -0.2) is 29.5 Å². The molecular weight excluding hydrogens is 242 g/mol. The van der Waals surface area contributed by atoms with Crippen LogP contribution < -0.4 is 5.73 Å². The summed E-state index contributed by atoms with van der Waals surface area (Å²) in [6.07, 6.45) is 7.65. The molecule has 0 radical (unpaired) electrons. The molecule has 2 rings (SSSR count). The second-order valence-corrected chi connectivity index (χ2v) is 6.21. The van der Waals surface area contributed by atoms with Gasteiger partial charge in [-0.25, -0.2) is 4.98 Å². The fraction of sp³-hybridized carbons (Fsp3) is 0.786. The molecule has 0 saturated carbocycles. The predicted octanol–water partition coefficient (Wildman–Crippen LogP) is 2.58. The summed E-state index contributed by atoms with van der Waals surface area (Å²) in [7, 11) is 0. The van der Waals surface area contributed by atoms with Crippen LogP contribution in [0.15, 0.2) is 0 Å². The Balaban J connectivity index is 1.86. The van der Waals surface area contributed by atoms with Crippen LogP contribution in [0.2, 0.25) is 0 Å². The van der Waals surface area contributed by atoms with E-state index in [0.29, 0.717) is 6.54 Å². The Bertz CT molecular complexity index is 332. The zero-order valence-corrected chi connectivity index (χ0v) is 12.3. The molecule has 1 saturated heterocycles. The van der Waals surface area contributed by atoms with E-state index in [4.69, 9.17) is 10.7 Å². The Morgan fingerprint density at radius 3 is 2.50 bits per heavy atom. The van der Waals surface area contributed by atoms with E-state index in [0.717, 1.165) is 12.8 Å². The Hall–Kier alpha value is -0.450. The quantitative estimate of drug-likeness (QED) is 0.891. The lowest BCUT2D eigenvalue weighted by atomic mass is 10.2. The molecule has 1 aliphatic rings. The number of nitrogens with zero attached hydrogens (tertiary/aromatic N) is 2. The molecule has 0 bridgehead atoms. The van der Waals surface area contributed by atoms with Crippen LogP contribution in [0.25, 0.3) is 0 Å². The van der Waals surface area contributed by atoms with Crippen molar-refractivity contribution in [1.29, 1.82) is 0 Å². The molecule has 0 atom stereocenters. The third kappa shape index (κ3) is 3.77. The highest BCUT2D eigenvalue weighted by Gasteiger charge is 2.12. The molecule has 2 N–H and O–H groups in total. The maximum atomic E-state index is 5.76. The van der Waals surface area contributed by atoms with Crippen molar-refractivity contribution in [3.8, 4) is 0 Å². The molecule has 18 heavy (non-hydrogen) atoms. The summed E-state index contributed by atoms with van der Waals surface area (Å²) < 4.78 is 0. The van der Waals surface area contributed by atoms with Gasteiger partial charge in [0.1, 0.15) is 0 Å². The van der Waals surface area contributed by atoms with Gasteiger partial charge in [-0.1, -0.05) is 19.8 Å². The zero-order valence-electron chi connectivity index (χ0n) is 11.5. The van der Waals surface area contributed by atoms with Crippen molar-refractivity contribution in [3.05, 3.63) is 15.6 Å². The molecule has 1 aliphatic heterocycles. The lowest BCUT2D eigenvalue weighted by Crippen LogP contribution is -2.26. The van der Waals surface area contributed by atoms with Crippen LogP contribution in [0.3, 0.4) is 0 Å². The second-order valence-electron chi connectivity index (χ2n) is 5.04. The monoisotopic (exact) mass is 267 g/mol. The maximum Gasteiger partial charge on any atom is 0.0944 e. The summed E-state index contributed by atoms with van der Waals surface area (Å²) in [6, 6.07) is 0. The van der Waals surface area contributed by atoms with Crippen LogP contribution in [0.1, 0.15) is 48.2 Å². The van der Waals surface area contributed by atoms with Crippen LogP contribution >= 0.6 is 11.3 Å². The maximum absolute atomic E-state index is 5.76. The van der Waals surface area contributed by atoms with E-state index >= 15 is 0 Å². The average Bonchev–Trinajstić information content (AvgIpc) is 2.62. The molecule has 2 heterocycles. The number of hydrogen-bond donors (Lipinski definition) is 1. The SMILES string of the molecule is CCc1nc(CCN2CCCCCC2)sc1CN. The summed E-state index contributed by atoms with van der Waals surface area (Å²) in [4.78, 5) is 8.60. The molecule has 0 amide bonds. The van der Waals surface area contributed by atoms with Crippen LogP contribution in [0.5, 0.6) is 0 Å². The topological polar surface area (TPSA) is 42.2 Å². The van der Waals surface area contributed by atoms with E-state index in [-0.39, 0.29) is 0 Å². The Morgan fingerprint density at radius 2 is 1.94 bits per heavy atom. The lowest BCUT2D eigenvalue weighted by Gasteiger charge is -2.18. The van der Waals surface area contributed by atoms with Gasteiger partial charge in [-0.15, -0.1) is 11.3 Å². The first-order valence-corrected chi connectivity index (χ1v) is 8.05. The van der Waals surface area contributed by atoms with Crippen molar-refractivity contribution in [2.75, 3.05) is 19.6 Å². The van der Waals surface area contributed by atoms with Crippen molar-refractivity contribution >= 4 is 11.3 Å². The van der Waals surface area contributed by atoms with E-state index in [1.54, 1.807) is 0 Å². The van der Waals surface area contributed by atoms with Gasteiger partial charge in [0.05, 0.1) is 10.7 Å². The van der Waals surface area contributed by atoms with E-state index in [1.807, 2.05) is 11.3 Å². The normalized spacial score (nSPS) is 17.9. The second kappa shape index (κ2) is 7.22. The smallest absolute Gasteiger partial charge is 0.0944 e. The van der Waals surface area contributed by atoms with Gasteiger partial charge in [-0.3, -0.25) is 0 Å². The Kier molecular flexibility index (Phi) is 5.60. The van der Waals surface area contributed by atoms with Gasteiger partial charge in [0, 0.05) is 24.4 Å². The molecule has 0 spiro atoms. The summed E-state index contributed by atoms with van der Waals surface area (Å²) in [5.74, 6) is 0. The summed E-state index contributed by atoms with van der Waals surface area (Å²) >= 11 is 1.82. The Morgan fingerprint density at radius 1 is 1.22 bits per heavy atom. The molecule has 0 aliphatic carbocycles. The average molecular weight is 267 g/mol. The van der Waals surface area contributed by atoms with Crippen molar-refractivity contribution in [1.82, 2.24) is 9.88 Å². The highest BCUT2D eigenvalue weighted by atomic mass is 32.1.